The zero-order valence-corrected chi connectivity index (χ0v) is 12.1. The molecule has 3 atom stereocenters. The van der Waals surface area contributed by atoms with Gasteiger partial charge in [-0.3, -0.25) is 4.79 Å². The monoisotopic (exact) mass is 290 g/mol. The summed E-state index contributed by atoms with van der Waals surface area (Å²) < 4.78 is 25.7. The van der Waals surface area contributed by atoms with Crippen molar-refractivity contribution in [2.24, 2.45) is 11.8 Å². The van der Waals surface area contributed by atoms with E-state index < -0.39 is 15.1 Å². The number of hydrogen-bond acceptors (Lipinski definition) is 3. The Hall–Kier alpha value is -1.42. The standard InChI is InChI=1S/C16H18O3S/c1-11-10-14-13(8-5-9-15(14)17)16(11)20(18,19)12-6-3-2-4-7-12/h2-4,6-7,13-14,16H,1,5,8-10H2/t13-,14-,16-/m0/s1. The maximum atomic E-state index is 12.8. The van der Waals surface area contributed by atoms with E-state index in [0.717, 1.165) is 12.8 Å². The third-order valence-corrected chi connectivity index (χ3v) is 6.85. The van der Waals surface area contributed by atoms with Crippen LogP contribution < -0.4 is 0 Å². The molecule has 2 aliphatic rings. The van der Waals surface area contributed by atoms with Crippen molar-refractivity contribution >= 4 is 15.6 Å². The Labute approximate surface area is 119 Å². The van der Waals surface area contributed by atoms with Crippen LogP contribution in [0.1, 0.15) is 25.7 Å². The van der Waals surface area contributed by atoms with E-state index in [1.165, 1.54) is 0 Å². The summed E-state index contributed by atoms with van der Waals surface area (Å²) in [5.74, 6) is 0.0156. The second-order valence-corrected chi connectivity index (χ2v) is 7.84. The summed E-state index contributed by atoms with van der Waals surface area (Å²) in [6, 6.07) is 8.51. The van der Waals surface area contributed by atoms with Gasteiger partial charge < -0.3 is 0 Å². The molecule has 2 fully saturated rings. The van der Waals surface area contributed by atoms with Crippen LogP contribution in [0, 0.1) is 11.8 Å². The summed E-state index contributed by atoms with van der Waals surface area (Å²) in [4.78, 5) is 12.3. The van der Waals surface area contributed by atoms with E-state index >= 15 is 0 Å². The highest BCUT2D eigenvalue weighted by atomic mass is 32.2. The summed E-state index contributed by atoms with van der Waals surface area (Å²) >= 11 is 0. The van der Waals surface area contributed by atoms with Gasteiger partial charge in [-0.1, -0.05) is 30.4 Å². The lowest BCUT2D eigenvalue weighted by molar-refractivity contribution is -0.125. The van der Waals surface area contributed by atoms with E-state index in [1.54, 1.807) is 30.3 Å². The van der Waals surface area contributed by atoms with Crippen molar-refractivity contribution in [2.75, 3.05) is 0 Å². The van der Waals surface area contributed by atoms with Crippen LogP contribution in [0.5, 0.6) is 0 Å². The van der Waals surface area contributed by atoms with E-state index in [1.807, 2.05) is 0 Å². The molecule has 0 aliphatic heterocycles. The van der Waals surface area contributed by atoms with E-state index in [4.69, 9.17) is 0 Å². The molecule has 3 nitrogen and oxygen atoms in total. The minimum atomic E-state index is -3.43. The number of ketones is 1. The number of carbonyl (C=O) groups excluding carboxylic acids is 1. The molecule has 2 aliphatic carbocycles. The molecule has 0 unspecified atom stereocenters. The lowest BCUT2D eigenvalue weighted by Gasteiger charge is -2.27. The summed E-state index contributed by atoms with van der Waals surface area (Å²) in [7, 11) is -3.43. The highest BCUT2D eigenvalue weighted by Gasteiger charge is 2.49. The number of fused-ring (bicyclic) bond motifs is 1. The second kappa shape index (κ2) is 4.85. The molecule has 0 N–H and O–H groups in total. The topological polar surface area (TPSA) is 51.2 Å². The fourth-order valence-corrected chi connectivity index (χ4v) is 5.82. The molecule has 3 rings (SSSR count). The van der Waals surface area contributed by atoms with Gasteiger partial charge in [0.25, 0.3) is 0 Å². The molecule has 20 heavy (non-hydrogen) atoms. The summed E-state index contributed by atoms with van der Waals surface area (Å²) in [5.41, 5.74) is 0.708. The van der Waals surface area contributed by atoms with E-state index in [0.29, 0.717) is 23.3 Å². The van der Waals surface area contributed by atoms with Crippen LogP contribution in [0.25, 0.3) is 0 Å². The van der Waals surface area contributed by atoms with Crippen molar-refractivity contribution in [2.45, 2.75) is 35.8 Å². The first-order valence-electron chi connectivity index (χ1n) is 7.01. The maximum absolute atomic E-state index is 12.8. The Morgan fingerprint density at radius 1 is 1.15 bits per heavy atom. The number of hydrogen-bond donors (Lipinski definition) is 0. The van der Waals surface area contributed by atoms with Gasteiger partial charge in [0, 0.05) is 12.3 Å². The Balaban J connectivity index is 2.01. The zero-order chi connectivity index (χ0) is 14.3. The Kier molecular flexibility index (Phi) is 3.28. The van der Waals surface area contributed by atoms with Gasteiger partial charge in [0.05, 0.1) is 10.1 Å². The highest BCUT2D eigenvalue weighted by molar-refractivity contribution is 7.92. The lowest BCUT2D eigenvalue weighted by Crippen LogP contribution is -2.34. The normalized spacial score (nSPS) is 30.3. The first-order valence-corrected chi connectivity index (χ1v) is 8.56. The van der Waals surface area contributed by atoms with E-state index in [-0.39, 0.29) is 17.6 Å². The van der Waals surface area contributed by atoms with E-state index in [2.05, 4.69) is 6.58 Å². The zero-order valence-electron chi connectivity index (χ0n) is 11.3. The molecule has 0 heterocycles. The van der Waals surface area contributed by atoms with Crippen LogP contribution in [-0.4, -0.2) is 19.5 Å². The first kappa shape index (κ1) is 13.6. The van der Waals surface area contributed by atoms with Crippen LogP contribution in [0.4, 0.5) is 0 Å². The molecular formula is C16H18O3S. The number of benzene rings is 1. The van der Waals surface area contributed by atoms with Crippen molar-refractivity contribution < 1.29 is 13.2 Å². The number of rotatable bonds is 2. The molecule has 0 amide bonds. The average molecular weight is 290 g/mol. The van der Waals surface area contributed by atoms with Crippen LogP contribution in [0.15, 0.2) is 47.4 Å². The van der Waals surface area contributed by atoms with Gasteiger partial charge in [-0.15, -0.1) is 0 Å². The number of sulfone groups is 1. The fraction of sp³-hybridized carbons (Fsp3) is 0.438. The lowest BCUT2D eigenvalue weighted by atomic mass is 9.81. The Morgan fingerprint density at radius 3 is 2.55 bits per heavy atom. The summed E-state index contributed by atoms with van der Waals surface area (Å²) in [6.07, 6.45) is 2.74. The number of carbonyl (C=O) groups is 1. The van der Waals surface area contributed by atoms with Gasteiger partial charge in [0.1, 0.15) is 5.78 Å². The largest absolute Gasteiger partial charge is 0.299 e. The van der Waals surface area contributed by atoms with Gasteiger partial charge in [-0.2, -0.15) is 0 Å². The SMILES string of the molecule is C=C1C[C@@H]2C(=O)CCC[C@@H]2[C@H]1S(=O)(=O)c1ccccc1. The summed E-state index contributed by atoms with van der Waals surface area (Å²) in [6.45, 7) is 3.95. The van der Waals surface area contributed by atoms with Gasteiger partial charge in [0.2, 0.25) is 0 Å². The molecule has 0 radical (unpaired) electrons. The van der Waals surface area contributed by atoms with Gasteiger partial charge in [-0.05, 0) is 37.3 Å². The van der Waals surface area contributed by atoms with Gasteiger partial charge >= 0.3 is 0 Å². The Bertz CT molecular complexity index is 646. The molecule has 106 valence electrons. The summed E-state index contributed by atoms with van der Waals surface area (Å²) in [5, 5.41) is -0.584. The molecule has 1 aromatic rings. The molecule has 4 heteroatoms. The highest BCUT2D eigenvalue weighted by Crippen LogP contribution is 2.47. The molecule has 0 aromatic heterocycles. The van der Waals surface area contributed by atoms with Crippen LogP contribution in [0.2, 0.25) is 0 Å². The van der Waals surface area contributed by atoms with Crippen molar-refractivity contribution in [1.29, 1.82) is 0 Å². The third kappa shape index (κ3) is 2.03. The minimum Gasteiger partial charge on any atom is -0.299 e. The third-order valence-electron chi connectivity index (χ3n) is 4.57. The van der Waals surface area contributed by atoms with E-state index in [9.17, 15) is 13.2 Å². The maximum Gasteiger partial charge on any atom is 0.185 e. The first-order chi connectivity index (χ1) is 9.51. The smallest absolute Gasteiger partial charge is 0.185 e. The van der Waals surface area contributed by atoms with Crippen LogP contribution >= 0.6 is 0 Å². The Morgan fingerprint density at radius 2 is 1.85 bits per heavy atom. The molecule has 0 spiro atoms. The van der Waals surface area contributed by atoms with Gasteiger partial charge in [-0.25, -0.2) is 8.42 Å². The van der Waals surface area contributed by atoms with Crippen molar-refractivity contribution in [3.05, 3.63) is 42.5 Å². The van der Waals surface area contributed by atoms with Crippen LogP contribution in [0.3, 0.4) is 0 Å². The number of Topliss-reactive ketones (excluding diaryl/α,β-unsaturated/α-hetero) is 1. The van der Waals surface area contributed by atoms with Crippen molar-refractivity contribution in [3.63, 3.8) is 0 Å². The fourth-order valence-electron chi connectivity index (χ4n) is 3.67. The predicted molar refractivity (Wildman–Crippen MR) is 77.0 cm³/mol. The van der Waals surface area contributed by atoms with Gasteiger partial charge in [0.15, 0.2) is 9.84 Å². The average Bonchev–Trinajstić information content (AvgIpc) is 2.78. The van der Waals surface area contributed by atoms with Crippen LogP contribution in [-0.2, 0) is 14.6 Å². The minimum absolute atomic E-state index is 0.0750. The quantitative estimate of drug-likeness (QED) is 0.787. The van der Waals surface area contributed by atoms with Crippen molar-refractivity contribution in [3.8, 4) is 0 Å². The molecule has 2 saturated carbocycles. The molecule has 1 aromatic carbocycles. The molecule has 0 saturated heterocycles. The van der Waals surface area contributed by atoms with Crippen molar-refractivity contribution in [1.82, 2.24) is 0 Å². The second-order valence-electron chi connectivity index (χ2n) is 5.77. The molecule has 0 bridgehead atoms. The predicted octanol–water partition coefficient (Wildman–Crippen LogP) is 2.77. The molecular weight excluding hydrogens is 272 g/mol.